The van der Waals surface area contributed by atoms with Crippen LogP contribution in [0.1, 0.15) is 49.2 Å². The highest BCUT2D eigenvalue weighted by molar-refractivity contribution is 7.18. The number of carbonyl (C=O) groups excluding carboxylic acids is 1. The van der Waals surface area contributed by atoms with Crippen LogP contribution in [0, 0.1) is 0 Å². The van der Waals surface area contributed by atoms with E-state index >= 15 is 0 Å². The maximum Gasteiger partial charge on any atom is 0.265 e. The van der Waals surface area contributed by atoms with Gasteiger partial charge in [0.2, 0.25) is 0 Å². The molecule has 0 aromatic carbocycles. The quantitative estimate of drug-likeness (QED) is 0.634. The van der Waals surface area contributed by atoms with Crippen molar-refractivity contribution in [3.63, 3.8) is 0 Å². The summed E-state index contributed by atoms with van der Waals surface area (Å²) >= 11 is 1.30. The lowest BCUT2D eigenvalue weighted by molar-refractivity contribution is 0.0957. The molecule has 0 radical (unpaired) electrons. The Labute approximate surface area is 112 Å². The molecule has 0 aliphatic heterocycles. The van der Waals surface area contributed by atoms with Crippen molar-refractivity contribution in [2.45, 2.75) is 39.5 Å². The fraction of sp³-hybridized carbons (Fsp3) is 0.667. The van der Waals surface area contributed by atoms with Crippen molar-refractivity contribution < 1.29 is 4.79 Å². The van der Waals surface area contributed by atoms with Crippen molar-refractivity contribution in [2.24, 2.45) is 0 Å². The Balaban J connectivity index is 2.41. The molecule has 1 aromatic rings. The number of unbranched alkanes of at least 4 members (excludes halogenated alkanes) is 3. The third-order valence-corrected chi connectivity index (χ3v) is 3.53. The summed E-state index contributed by atoms with van der Waals surface area (Å²) in [5.74, 6) is 0.188. The van der Waals surface area contributed by atoms with Crippen LogP contribution in [-0.4, -0.2) is 24.0 Å². The van der Waals surface area contributed by atoms with E-state index in [2.05, 4.69) is 22.5 Å². The van der Waals surface area contributed by atoms with Gasteiger partial charge < -0.3 is 16.4 Å². The van der Waals surface area contributed by atoms with E-state index in [1.807, 2.05) is 6.92 Å². The molecule has 0 aliphatic rings. The molecule has 0 aliphatic carbocycles. The summed E-state index contributed by atoms with van der Waals surface area (Å²) < 4.78 is 0. The van der Waals surface area contributed by atoms with Crippen molar-refractivity contribution in [1.29, 1.82) is 0 Å². The number of anilines is 2. The van der Waals surface area contributed by atoms with Crippen LogP contribution in [0.4, 0.5) is 10.9 Å². The molecule has 1 amide bonds. The van der Waals surface area contributed by atoms with Crippen molar-refractivity contribution in [1.82, 2.24) is 10.3 Å². The summed E-state index contributed by atoms with van der Waals surface area (Å²) in [6, 6.07) is 0. The van der Waals surface area contributed by atoms with E-state index in [-0.39, 0.29) is 5.91 Å². The van der Waals surface area contributed by atoms with Crippen molar-refractivity contribution in [3.05, 3.63) is 4.88 Å². The molecule has 4 N–H and O–H groups in total. The van der Waals surface area contributed by atoms with Crippen LogP contribution in [0.25, 0.3) is 0 Å². The van der Waals surface area contributed by atoms with Crippen molar-refractivity contribution >= 4 is 28.2 Å². The Morgan fingerprint density at radius 2 is 2.11 bits per heavy atom. The topological polar surface area (TPSA) is 80.0 Å². The van der Waals surface area contributed by atoms with Crippen molar-refractivity contribution in [3.8, 4) is 0 Å². The zero-order chi connectivity index (χ0) is 13.4. The van der Waals surface area contributed by atoms with E-state index in [0.29, 0.717) is 22.4 Å². The normalized spacial score (nSPS) is 10.3. The Bertz CT molecular complexity index is 378. The number of aromatic nitrogens is 1. The van der Waals surface area contributed by atoms with Gasteiger partial charge in [-0.05, 0) is 13.3 Å². The van der Waals surface area contributed by atoms with Gasteiger partial charge >= 0.3 is 0 Å². The van der Waals surface area contributed by atoms with Gasteiger partial charge in [0.15, 0.2) is 5.13 Å². The number of hydrogen-bond acceptors (Lipinski definition) is 5. The molecule has 1 rings (SSSR count). The maximum absolute atomic E-state index is 11.9. The largest absolute Gasteiger partial charge is 0.382 e. The summed E-state index contributed by atoms with van der Waals surface area (Å²) in [6.45, 7) is 5.61. The third kappa shape index (κ3) is 4.52. The number of rotatable bonds is 8. The van der Waals surface area contributed by atoms with Crippen LogP contribution >= 0.6 is 11.3 Å². The second-order valence-electron chi connectivity index (χ2n) is 4.08. The molecule has 0 spiro atoms. The van der Waals surface area contributed by atoms with Gasteiger partial charge in [0.1, 0.15) is 10.7 Å². The number of nitrogens with one attached hydrogen (secondary N) is 2. The van der Waals surface area contributed by atoms with E-state index < -0.39 is 0 Å². The van der Waals surface area contributed by atoms with Gasteiger partial charge in [-0.3, -0.25) is 4.79 Å². The van der Waals surface area contributed by atoms with E-state index in [1.54, 1.807) is 0 Å². The van der Waals surface area contributed by atoms with Crippen LogP contribution in [0.15, 0.2) is 0 Å². The van der Waals surface area contributed by atoms with Gasteiger partial charge in [0.05, 0.1) is 0 Å². The molecule has 0 atom stereocenters. The van der Waals surface area contributed by atoms with Crippen LogP contribution in [-0.2, 0) is 0 Å². The second-order valence-corrected chi connectivity index (χ2v) is 5.08. The molecule has 0 unspecified atom stereocenters. The zero-order valence-corrected chi connectivity index (χ0v) is 11.9. The average molecular weight is 270 g/mol. The predicted molar refractivity (Wildman–Crippen MR) is 77.2 cm³/mol. The molecule has 102 valence electrons. The smallest absolute Gasteiger partial charge is 0.265 e. The van der Waals surface area contributed by atoms with Gasteiger partial charge in [0.25, 0.3) is 5.91 Å². The molecule has 6 heteroatoms. The molecule has 18 heavy (non-hydrogen) atoms. The lowest BCUT2D eigenvalue weighted by Crippen LogP contribution is -2.24. The number of carbonyl (C=O) groups is 1. The summed E-state index contributed by atoms with van der Waals surface area (Å²) in [5, 5.41) is 6.63. The minimum Gasteiger partial charge on any atom is -0.382 e. The minimum absolute atomic E-state index is 0.120. The number of hydrogen-bond donors (Lipinski definition) is 3. The zero-order valence-electron chi connectivity index (χ0n) is 11.1. The molecule has 0 bridgehead atoms. The minimum atomic E-state index is -0.120. The number of nitrogens with two attached hydrogens (primary N) is 1. The molecule has 0 fully saturated rings. The first-order valence-electron chi connectivity index (χ1n) is 6.47. The summed E-state index contributed by atoms with van der Waals surface area (Å²) in [6.07, 6.45) is 4.57. The molecule has 5 nitrogen and oxygen atoms in total. The van der Waals surface area contributed by atoms with E-state index in [0.717, 1.165) is 19.4 Å². The predicted octanol–water partition coefficient (Wildman–Crippen LogP) is 2.47. The van der Waals surface area contributed by atoms with Crippen LogP contribution in [0.3, 0.4) is 0 Å². The Morgan fingerprint density at radius 1 is 1.33 bits per heavy atom. The van der Waals surface area contributed by atoms with Gasteiger partial charge in [-0.25, -0.2) is 4.98 Å². The Kier molecular flexibility index (Phi) is 6.49. The lowest BCUT2D eigenvalue weighted by atomic mass is 10.2. The van der Waals surface area contributed by atoms with Gasteiger partial charge in [-0.1, -0.05) is 37.5 Å². The average Bonchev–Trinajstić information content (AvgIpc) is 2.70. The fourth-order valence-corrected chi connectivity index (χ4v) is 2.42. The van der Waals surface area contributed by atoms with E-state index in [9.17, 15) is 4.79 Å². The summed E-state index contributed by atoms with van der Waals surface area (Å²) in [7, 11) is 0. The number of thiazole rings is 1. The third-order valence-electron chi connectivity index (χ3n) is 2.50. The maximum atomic E-state index is 11.9. The van der Waals surface area contributed by atoms with Crippen molar-refractivity contribution in [2.75, 3.05) is 24.1 Å². The van der Waals surface area contributed by atoms with E-state index in [1.165, 1.54) is 24.2 Å². The lowest BCUT2D eigenvalue weighted by Gasteiger charge is -2.03. The highest BCUT2D eigenvalue weighted by atomic mass is 32.1. The highest BCUT2D eigenvalue weighted by Gasteiger charge is 2.15. The Morgan fingerprint density at radius 3 is 2.78 bits per heavy atom. The van der Waals surface area contributed by atoms with E-state index in [4.69, 9.17) is 5.73 Å². The van der Waals surface area contributed by atoms with Gasteiger partial charge in [-0.15, -0.1) is 0 Å². The second kappa shape index (κ2) is 7.92. The highest BCUT2D eigenvalue weighted by Crippen LogP contribution is 2.24. The SMILES string of the molecule is CCCCCCNC(=O)c1sc(NCC)nc1N. The van der Waals surface area contributed by atoms with Crippen LogP contribution < -0.4 is 16.4 Å². The number of amides is 1. The molecule has 1 heterocycles. The number of nitrogens with zero attached hydrogens (tertiary/aromatic N) is 1. The van der Waals surface area contributed by atoms with Crippen LogP contribution in [0.2, 0.25) is 0 Å². The summed E-state index contributed by atoms with van der Waals surface area (Å²) in [5.41, 5.74) is 5.72. The first-order chi connectivity index (χ1) is 8.69. The molecular weight excluding hydrogens is 248 g/mol. The standard InChI is InChI=1S/C12H22N4OS/c1-3-5-6-7-8-15-11(17)9-10(13)16-12(18-9)14-4-2/h3-8,13H2,1-2H3,(H,14,16)(H,15,17). The number of nitrogen functional groups attached to an aromatic ring is 1. The molecular formula is C12H22N4OS. The Hall–Kier alpha value is -1.30. The molecule has 0 saturated carbocycles. The van der Waals surface area contributed by atoms with Gasteiger partial charge in [0, 0.05) is 13.1 Å². The first kappa shape index (κ1) is 14.8. The fourth-order valence-electron chi connectivity index (χ4n) is 1.56. The van der Waals surface area contributed by atoms with Gasteiger partial charge in [-0.2, -0.15) is 0 Å². The summed E-state index contributed by atoms with van der Waals surface area (Å²) in [4.78, 5) is 16.5. The van der Waals surface area contributed by atoms with Crippen LogP contribution in [0.5, 0.6) is 0 Å². The molecule has 0 saturated heterocycles. The first-order valence-corrected chi connectivity index (χ1v) is 7.29. The molecule has 1 aromatic heterocycles. The monoisotopic (exact) mass is 270 g/mol.